The standard InChI is InChI=1S/C22H24F2N4O2/c1-27(2)10-11-30-20-7-5-4-6-15(20)13-25-22(29)18-14-28(3)26-21(18)17-9-8-16(23)12-19(17)24/h4-9,12,14H,10-11,13H2,1-3H3,(H,25,29). The van der Waals surface area contributed by atoms with Gasteiger partial charge in [-0.1, -0.05) is 18.2 Å². The van der Waals surface area contributed by atoms with Crippen LogP contribution in [0.5, 0.6) is 5.75 Å². The Hall–Kier alpha value is -3.26. The number of carbonyl (C=O) groups is 1. The van der Waals surface area contributed by atoms with Crippen molar-refractivity contribution in [1.82, 2.24) is 20.0 Å². The van der Waals surface area contributed by atoms with Crippen molar-refractivity contribution in [3.63, 3.8) is 0 Å². The summed E-state index contributed by atoms with van der Waals surface area (Å²) in [4.78, 5) is 14.8. The molecule has 3 rings (SSSR count). The molecule has 0 saturated heterocycles. The largest absolute Gasteiger partial charge is 0.492 e. The van der Waals surface area contributed by atoms with Crippen LogP contribution >= 0.6 is 0 Å². The van der Waals surface area contributed by atoms with E-state index in [1.165, 1.54) is 16.9 Å². The Morgan fingerprint density at radius 2 is 1.97 bits per heavy atom. The van der Waals surface area contributed by atoms with Crippen LogP contribution < -0.4 is 10.1 Å². The van der Waals surface area contributed by atoms with Crippen molar-refractivity contribution in [3.8, 4) is 17.0 Å². The molecule has 0 aliphatic heterocycles. The highest BCUT2D eigenvalue weighted by molar-refractivity contribution is 5.99. The summed E-state index contributed by atoms with van der Waals surface area (Å²) in [6.07, 6.45) is 1.51. The second-order valence-corrected chi connectivity index (χ2v) is 7.13. The number of aromatic nitrogens is 2. The van der Waals surface area contributed by atoms with Gasteiger partial charge in [-0.15, -0.1) is 0 Å². The van der Waals surface area contributed by atoms with E-state index in [-0.39, 0.29) is 23.4 Å². The highest BCUT2D eigenvalue weighted by Gasteiger charge is 2.20. The molecule has 0 aliphatic carbocycles. The molecule has 30 heavy (non-hydrogen) atoms. The molecular formula is C22H24F2N4O2. The molecule has 158 valence electrons. The van der Waals surface area contributed by atoms with Crippen LogP contribution in [0.15, 0.2) is 48.7 Å². The summed E-state index contributed by atoms with van der Waals surface area (Å²) >= 11 is 0. The Bertz CT molecular complexity index is 1030. The molecule has 1 heterocycles. The molecule has 2 aromatic carbocycles. The summed E-state index contributed by atoms with van der Waals surface area (Å²) in [7, 11) is 5.56. The van der Waals surface area contributed by atoms with E-state index < -0.39 is 17.5 Å². The van der Waals surface area contributed by atoms with E-state index in [4.69, 9.17) is 4.74 Å². The Morgan fingerprint density at radius 1 is 1.20 bits per heavy atom. The van der Waals surface area contributed by atoms with E-state index in [9.17, 15) is 13.6 Å². The maximum absolute atomic E-state index is 14.2. The maximum atomic E-state index is 14.2. The Balaban J connectivity index is 1.75. The van der Waals surface area contributed by atoms with E-state index in [1.54, 1.807) is 7.05 Å². The van der Waals surface area contributed by atoms with Crippen LogP contribution in [0.25, 0.3) is 11.3 Å². The average Bonchev–Trinajstić information content (AvgIpc) is 3.08. The molecule has 0 aliphatic rings. The molecule has 0 unspecified atom stereocenters. The Morgan fingerprint density at radius 3 is 2.70 bits per heavy atom. The summed E-state index contributed by atoms with van der Waals surface area (Å²) < 4.78 is 34.7. The summed E-state index contributed by atoms with van der Waals surface area (Å²) in [5, 5.41) is 7.02. The predicted molar refractivity (Wildman–Crippen MR) is 110 cm³/mol. The van der Waals surface area contributed by atoms with Gasteiger partial charge in [0.15, 0.2) is 0 Å². The zero-order chi connectivity index (χ0) is 21.7. The Labute approximate surface area is 174 Å². The molecule has 8 heteroatoms. The van der Waals surface area contributed by atoms with Crippen LogP contribution in [-0.2, 0) is 13.6 Å². The zero-order valence-electron chi connectivity index (χ0n) is 17.2. The van der Waals surface area contributed by atoms with E-state index in [2.05, 4.69) is 10.4 Å². The van der Waals surface area contributed by atoms with Crippen molar-refractivity contribution in [2.45, 2.75) is 6.54 Å². The lowest BCUT2D eigenvalue weighted by Gasteiger charge is -2.14. The van der Waals surface area contributed by atoms with E-state index in [0.717, 1.165) is 24.2 Å². The molecular weight excluding hydrogens is 390 g/mol. The average molecular weight is 414 g/mol. The van der Waals surface area contributed by atoms with Crippen LogP contribution in [-0.4, -0.2) is 47.8 Å². The molecule has 1 amide bonds. The molecule has 1 N–H and O–H groups in total. The first-order chi connectivity index (χ1) is 14.3. The van der Waals surface area contributed by atoms with E-state index >= 15 is 0 Å². The number of hydrogen-bond donors (Lipinski definition) is 1. The van der Waals surface area contributed by atoms with Crippen LogP contribution in [0.1, 0.15) is 15.9 Å². The number of likely N-dealkylation sites (N-methyl/N-ethyl adjacent to an activating group) is 1. The molecule has 6 nitrogen and oxygen atoms in total. The van der Waals surface area contributed by atoms with Crippen molar-refractivity contribution in [3.05, 3.63) is 71.4 Å². The van der Waals surface area contributed by atoms with Gasteiger partial charge in [-0.25, -0.2) is 8.78 Å². The molecule has 3 aromatic rings. The van der Waals surface area contributed by atoms with Gasteiger partial charge in [0.05, 0.1) is 5.56 Å². The van der Waals surface area contributed by atoms with Crippen LogP contribution in [0.3, 0.4) is 0 Å². The molecule has 0 radical (unpaired) electrons. The second kappa shape index (κ2) is 9.49. The van der Waals surface area contributed by atoms with Crippen molar-refractivity contribution in [2.75, 3.05) is 27.2 Å². The number of amides is 1. The van der Waals surface area contributed by atoms with Gasteiger partial charge in [0.25, 0.3) is 5.91 Å². The van der Waals surface area contributed by atoms with E-state index in [0.29, 0.717) is 12.4 Å². The summed E-state index contributed by atoms with van der Waals surface area (Å²) in [6.45, 7) is 1.52. The number of nitrogens with one attached hydrogen (secondary N) is 1. The third kappa shape index (κ3) is 5.21. The molecule has 0 fully saturated rings. The first kappa shape index (κ1) is 21.4. The highest BCUT2D eigenvalue weighted by Crippen LogP contribution is 2.26. The molecule has 0 saturated carbocycles. The minimum absolute atomic E-state index is 0.0644. The number of carbonyl (C=O) groups excluding carboxylic acids is 1. The zero-order valence-corrected chi connectivity index (χ0v) is 17.2. The molecule has 0 atom stereocenters. The van der Waals surface area contributed by atoms with Gasteiger partial charge in [-0.05, 0) is 32.3 Å². The third-order valence-corrected chi connectivity index (χ3v) is 4.47. The minimum atomic E-state index is -0.776. The van der Waals surface area contributed by atoms with Gasteiger partial charge in [-0.3, -0.25) is 9.48 Å². The number of nitrogens with zero attached hydrogens (tertiary/aromatic N) is 3. The van der Waals surface area contributed by atoms with Gasteiger partial charge in [0.1, 0.15) is 29.7 Å². The molecule has 0 bridgehead atoms. The lowest BCUT2D eigenvalue weighted by Crippen LogP contribution is -2.24. The fraction of sp³-hybridized carbons (Fsp3) is 0.273. The number of ether oxygens (including phenoxy) is 1. The Kier molecular flexibility index (Phi) is 6.79. The number of rotatable bonds is 8. The second-order valence-electron chi connectivity index (χ2n) is 7.13. The minimum Gasteiger partial charge on any atom is -0.492 e. The maximum Gasteiger partial charge on any atom is 0.255 e. The molecule has 1 aromatic heterocycles. The number of hydrogen-bond acceptors (Lipinski definition) is 4. The quantitative estimate of drug-likeness (QED) is 0.615. The first-order valence-electron chi connectivity index (χ1n) is 9.48. The number of aryl methyl sites for hydroxylation is 1. The lowest BCUT2D eigenvalue weighted by molar-refractivity contribution is 0.0951. The van der Waals surface area contributed by atoms with Crippen LogP contribution in [0.2, 0.25) is 0 Å². The number of benzene rings is 2. The van der Waals surface area contributed by atoms with Crippen molar-refractivity contribution >= 4 is 5.91 Å². The van der Waals surface area contributed by atoms with Crippen LogP contribution in [0.4, 0.5) is 8.78 Å². The van der Waals surface area contributed by atoms with Crippen molar-refractivity contribution in [1.29, 1.82) is 0 Å². The summed E-state index contributed by atoms with van der Waals surface area (Å²) in [6, 6.07) is 10.6. The number of para-hydroxylation sites is 1. The summed E-state index contributed by atoms with van der Waals surface area (Å²) in [5.41, 5.74) is 1.25. The molecule has 0 spiro atoms. The fourth-order valence-corrected chi connectivity index (χ4v) is 2.93. The lowest BCUT2D eigenvalue weighted by atomic mass is 10.1. The normalized spacial score (nSPS) is 11.0. The highest BCUT2D eigenvalue weighted by atomic mass is 19.1. The van der Waals surface area contributed by atoms with Crippen molar-refractivity contribution < 1.29 is 18.3 Å². The van der Waals surface area contributed by atoms with Gasteiger partial charge < -0.3 is 15.0 Å². The van der Waals surface area contributed by atoms with Gasteiger partial charge in [0.2, 0.25) is 0 Å². The van der Waals surface area contributed by atoms with Gasteiger partial charge in [0, 0.05) is 43.5 Å². The van der Waals surface area contributed by atoms with E-state index in [1.807, 2.05) is 43.3 Å². The monoisotopic (exact) mass is 414 g/mol. The first-order valence-corrected chi connectivity index (χ1v) is 9.48. The number of halogens is 2. The van der Waals surface area contributed by atoms with Gasteiger partial charge >= 0.3 is 0 Å². The fourth-order valence-electron chi connectivity index (χ4n) is 2.93. The predicted octanol–water partition coefficient (Wildman–Crippen LogP) is 3.24. The van der Waals surface area contributed by atoms with Crippen LogP contribution in [0, 0.1) is 11.6 Å². The van der Waals surface area contributed by atoms with Gasteiger partial charge in [-0.2, -0.15) is 5.10 Å². The smallest absolute Gasteiger partial charge is 0.255 e. The topological polar surface area (TPSA) is 59.4 Å². The third-order valence-electron chi connectivity index (χ3n) is 4.47. The SMILES string of the molecule is CN(C)CCOc1ccccc1CNC(=O)c1cn(C)nc1-c1ccc(F)cc1F. The summed E-state index contributed by atoms with van der Waals surface area (Å²) in [5.74, 6) is -1.19. The van der Waals surface area contributed by atoms with Crippen molar-refractivity contribution in [2.24, 2.45) is 7.05 Å².